The van der Waals surface area contributed by atoms with Crippen molar-refractivity contribution in [3.05, 3.63) is 54.4 Å². The minimum absolute atomic E-state index is 0.0377. The molecule has 0 saturated carbocycles. The molecule has 6 heteroatoms. The molecule has 6 nitrogen and oxygen atoms in total. The average Bonchev–Trinajstić information content (AvgIpc) is 3.34. The van der Waals surface area contributed by atoms with Gasteiger partial charge in [0.1, 0.15) is 17.1 Å². The molecule has 0 radical (unpaired) electrons. The van der Waals surface area contributed by atoms with E-state index in [9.17, 15) is 4.79 Å². The number of amides is 1. The lowest BCUT2D eigenvalue weighted by molar-refractivity contribution is 0.0688. The lowest BCUT2D eigenvalue weighted by Gasteiger charge is -2.30. The second-order valence-electron chi connectivity index (χ2n) is 7.50. The quantitative estimate of drug-likeness (QED) is 0.695. The third-order valence-corrected chi connectivity index (χ3v) is 5.52. The summed E-state index contributed by atoms with van der Waals surface area (Å²) in [6.45, 7) is 3.84. The largest absolute Gasteiger partial charge is 0.497 e. The van der Waals surface area contributed by atoms with Crippen LogP contribution in [0.5, 0.6) is 5.75 Å². The van der Waals surface area contributed by atoms with E-state index in [-0.39, 0.29) is 5.91 Å². The highest BCUT2D eigenvalue weighted by Gasteiger charge is 2.26. The van der Waals surface area contributed by atoms with Crippen molar-refractivity contribution in [1.29, 1.82) is 0 Å². The number of carbonyl (C=O) groups excluding carboxylic acids is 1. The average molecular weight is 378 g/mol. The molecule has 1 aromatic carbocycles. The summed E-state index contributed by atoms with van der Waals surface area (Å²) in [7, 11) is 3.62. The number of benzene rings is 1. The molecule has 0 bridgehead atoms. The van der Waals surface area contributed by atoms with E-state index in [4.69, 9.17) is 9.84 Å². The number of piperidine rings is 1. The summed E-state index contributed by atoms with van der Waals surface area (Å²) >= 11 is 0. The number of methoxy groups -OCH3 is 1. The molecule has 0 spiro atoms. The number of ether oxygens (including phenoxy) is 1. The Morgan fingerprint density at radius 1 is 1.14 bits per heavy atom. The smallest absolute Gasteiger partial charge is 0.272 e. The molecule has 28 heavy (non-hydrogen) atoms. The summed E-state index contributed by atoms with van der Waals surface area (Å²) in [5.41, 5.74) is 3.21. The van der Waals surface area contributed by atoms with Gasteiger partial charge in [-0.25, -0.2) is 4.68 Å². The van der Waals surface area contributed by atoms with Crippen molar-refractivity contribution in [2.24, 2.45) is 13.0 Å². The molecular formula is C22H26N4O2. The standard InChI is InChI=1S/C22H26N4O2/c1-16-10-13-25(14-11-16)22(27)21-15-19(20-5-4-12-24(20)2)23-26(21)17-6-8-18(28-3)9-7-17/h4-9,12,15-16H,10-11,13-14H2,1-3H3. The zero-order chi connectivity index (χ0) is 19.7. The summed E-state index contributed by atoms with van der Waals surface area (Å²) < 4.78 is 9.02. The Balaban J connectivity index is 1.75. The van der Waals surface area contributed by atoms with Crippen LogP contribution in [0.25, 0.3) is 17.1 Å². The number of carbonyl (C=O) groups is 1. The molecule has 1 saturated heterocycles. The highest BCUT2D eigenvalue weighted by Crippen LogP contribution is 2.25. The monoisotopic (exact) mass is 378 g/mol. The molecule has 1 aliphatic rings. The number of rotatable bonds is 4. The summed E-state index contributed by atoms with van der Waals surface area (Å²) in [5, 5.41) is 4.78. The number of likely N-dealkylation sites (tertiary alicyclic amines) is 1. The maximum Gasteiger partial charge on any atom is 0.272 e. The van der Waals surface area contributed by atoms with E-state index < -0.39 is 0 Å². The van der Waals surface area contributed by atoms with Gasteiger partial charge in [-0.15, -0.1) is 0 Å². The number of hydrogen-bond acceptors (Lipinski definition) is 3. The van der Waals surface area contributed by atoms with Crippen LogP contribution in [-0.2, 0) is 7.05 Å². The van der Waals surface area contributed by atoms with Crippen LogP contribution in [-0.4, -0.2) is 45.4 Å². The minimum Gasteiger partial charge on any atom is -0.497 e. The van der Waals surface area contributed by atoms with Crippen LogP contribution in [0.1, 0.15) is 30.3 Å². The van der Waals surface area contributed by atoms with Gasteiger partial charge in [0.05, 0.1) is 18.5 Å². The third kappa shape index (κ3) is 3.42. The number of aromatic nitrogens is 3. The summed E-state index contributed by atoms with van der Waals surface area (Å²) in [4.78, 5) is 15.3. The van der Waals surface area contributed by atoms with Crippen LogP contribution in [0.2, 0.25) is 0 Å². The summed E-state index contributed by atoms with van der Waals surface area (Å²) in [6.07, 6.45) is 4.08. The van der Waals surface area contributed by atoms with Crippen molar-refractivity contribution < 1.29 is 9.53 Å². The van der Waals surface area contributed by atoms with Gasteiger partial charge in [-0.1, -0.05) is 6.92 Å². The first kappa shape index (κ1) is 18.3. The molecule has 3 aromatic rings. The van der Waals surface area contributed by atoms with Crippen molar-refractivity contribution in [2.75, 3.05) is 20.2 Å². The van der Waals surface area contributed by atoms with E-state index in [2.05, 4.69) is 6.92 Å². The molecule has 4 rings (SSSR count). The first-order chi connectivity index (χ1) is 13.6. The van der Waals surface area contributed by atoms with Crippen molar-refractivity contribution >= 4 is 5.91 Å². The molecule has 0 N–H and O–H groups in total. The van der Waals surface area contributed by atoms with Gasteiger partial charge in [-0.2, -0.15) is 5.10 Å². The Bertz CT molecular complexity index is 963. The van der Waals surface area contributed by atoms with Gasteiger partial charge in [0.15, 0.2) is 0 Å². The molecule has 0 unspecified atom stereocenters. The van der Waals surface area contributed by atoms with Crippen molar-refractivity contribution in [3.63, 3.8) is 0 Å². The van der Waals surface area contributed by atoms with Gasteiger partial charge < -0.3 is 14.2 Å². The van der Waals surface area contributed by atoms with E-state index in [0.29, 0.717) is 11.6 Å². The topological polar surface area (TPSA) is 52.3 Å². The number of aryl methyl sites for hydroxylation is 1. The SMILES string of the molecule is COc1ccc(-n2nc(-c3cccn3C)cc2C(=O)N2CCC(C)CC2)cc1. The highest BCUT2D eigenvalue weighted by atomic mass is 16.5. The van der Waals surface area contributed by atoms with Crippen LogP contribution in [0.3, 0.4) is 0 Å². The summed E-state index contributed by atoms with van der Waals surface area (Å²) in [6, 6.07) is 13.5. The summed E-state index contributed by atoms with van der Waals surface area (Å²) in [5.74, 6) is 1.49. The fourth-order valence-corrected chi connectivity index (χ4v) is 3.68. The van der Waals surface area contributed by atoms with Crippen LogP contribution in [0, 0.1) is 5.92 Å². The second-order valence-corrected chi connectivity index (χ2v) is 7.50. The fourth-order valence-electron chi connectivity index (χ4n) is 3.68. The van der Waals surface area contributed by atoms with Gasteiger partial charge in [-0.05, 0) is 61.2 Å². The Morgan fingerprint density at radius 2 is 1.86 bits per heavy atom. The van der Waals surface area contributed by atoms with Crippen molar-refractivity contribution in [3.8, 4) is 22.8 Å². The van der Waals surface area contributed by atoms with E-state index in [0.717, 1.165) is 48.8 Å². The minimum atomic E-state index is 0.0377. The van der Waals surface area contributed by atoms with Crippen molar-refractivity contribution in [2.45, 2.75) is 19.8 Å². The molecule has 0 aliphatic carbocycles. The van der Waals surface area contributed by atoms with Crippen LogP contribution in [0.15, 0.2) is 48.7 Å². The maximum atomic E-state index is 13.3. The lowest BCUT2D eigenvalue weighted by atomic mass is 9.99. The van der Waals surface area contributed by atoms with Crippen LogP contribution in [0.4, 0.5) is 0 Å². The molecule has 1 amide bonds. The molecule has 3 heterocycles. The Labute approximate surface area is 165 Å². The zero-order valence-electron chi connectivity index (χ0n) is 16.6. The lowest BCUT2D eigenvalue weighted by Crippen LogP contribution is -2.38. The van der Waals surface area contributed by atoms with Gasteiger partial charge >= 0.3 is 0 Å². The van der Waals surface area contributed by atoms with Crippen LogP contribution < -0.4 is 4.74 Å². The Kier molecular flexibility index (Phi) is 4.94. The molecule has 1 fully saturated rings. The Morgan fingerprint density at radius 3 is 2.46 bits per heavy atom. The first-order valence-electron chi connectivity index (χ1n) is 9.72. The molecule has 1 aliphatic heterocycles. The maximum absolute atomic E-state index is 13.3. The zero-order valence-corrected chi connectivity index (χ0v) is 16.6. The molecule has 2 aromatic heterocycles. The predicted molar refractivity (Wildman–Crippen MR) is 109 cm³/mol. The second kappa shape index (κ2) is 7.54. The number of hydrogen-bond donors (Lipinski definition) is 0. The van der Waals surface area contributed by atoms with Crippen LogP contribution >= 0.6 is 0 Å². The van der Waals surface area contributed by atoms with Gasteiger partial charge in [0.25, 0.3) is 5.91 Å². The van der Waals surface area contributed by atoms with E-state index >= 15 is 0 Å². The van der Waals surface area contributed by atoms with Gasteiger partial charge in [0.2, 0.25) is 0 Å². The third-order valence-electron chi connectivity index (χ3n) is 5.52. The molecule has 0 atom stereocenters. The van der Waals surface area contributed by atoms with E-state index in [1.807, 2.05) is 65.2 Å². The molecular weight excluding hydrogens is 352 g/mol. The number of nitrogens with zero attached hydrogens (tertiary/aromatic N) is 4. The van der Waals surface area contributed by atoms with E-state index in [1.165, 1.54) is 0 Å². The molecule has 146 valence electrons. The van der Waals surface area contributed by atoms with E-state index in [1.54, 1.807) is 11.8 Å². The predicted octanol–water partition coefficient (Wildman–Crippen LogP) is 3.76. The normalized spacial score (nSPS) is 15.0. The Hall–Kier alpha value is -3.02. The first-order valence-corrected chi connectivity index (χ1v) is 9.72. The van der Waals surface area contributed by atoms with Crippen molar-refractivity contribution in [1.82, 2.24) is 19.2 Å². The van der Waals surface area contributed by atoms with Gasteiger partial charge in [0, 0.05) is 26.3 Å². The highest BCUT2D eigenvalue weighted by molar-refractivity contribution is 5.94. The fraction of sp³-hybridized carbons (Fsp3) is 0.364. The van der Waals surface area contributed by atoms with Gasteiger partial charge in [-0.3, -0.25) is 4.79 Å².